The van der Waals surface area contributed by atoms with Gasteiger partial charge in [-0.05, 0) is 42.5 Å². The van der Waals surface area contributed by atoms with Crippen molar-refractivity contribution in [2.45, 2.75) is 18.8 Å². The second kappa shape index (κ2) is 9.45. The lowest BCUT2D eigenvalue weighted by molar-refractivity contribution is 0.473. The minimum Gasteiger partial charge on any atom is -0.507 e. The second-order valence-corrected chi connectivity index (χ2v) is 7.73. The largest absolute Gasteiger partial charge is 0.507 e. The zero-order valence-electron chi connectivity index (χ0n) is 17.8. The van der Waals surface area contributed by atoms with Crippen LogP contribution in [0.4, 0.5) is 11.8 Å². The van der Waals surface area contributed by atoms with Crippen LogP contribution in [0.3, 0.4) is 0 Å². The number of aromatic hydroxyl groups is 1. The molecule has 1 saturated heterocycles. The first-order valence-electron chi connectivity index (χ1n) is 10.5. The molecular weight excluding hydrogens is 402 g/mol. The second-order valence-electron chi connectivity index (χ2n) is 7.73. The predicted molar refractivity (Wildman–Crippen MR) is 128 cm³/mol. The standard InChI is InChI=1S/C24H27N7O/c25-9-3-4-16-13-29-24(30-14-16)31-10-7-17(8-11-31)20-15-28-23(27)19(20)12-21(26)18-5-1-2-6-22(18)32/h1-2,5-6,12-15,17,28,32H,7-11,25-27H2/b21-12-. The number of para-hydroxylation sites is 1. The molecule has 4 rings (SSSR count). The molecule has 0 amide bonds. The summed E-state index contributed by atoms with van der Waals surface area (Å²) in [4.78, 5) is 14.2. The van der Waals surface area contributed by atoms with Crippen LogP contribution in [-0.2, 0) is 0 Å². The van der Waals surface area contributed by atoms with Crippen molar-refractivity contribution in [2.75, 3.05) is 30.3 Å². The summed E-state index contributed by atoms with van der Waals surface area (Å²) in [6, 6.07) is 7.01. The van der Waals surface area contributed by atoms with Crippen molar-refractivity contribution in [3.8, 4) is 17.6 Å². The third kappa shape index (κ3) is 4.53. The average molecular weight is 430 g/mol. The van der Waals surface area contributed by atoms with E-state index in [2.05, 4.69) is 31.7 Å². The maximum atomic E-state index is 10.1. The van der Waals surface area contributed by atoms with E-state index < -0.39 is 0 Å². The van der Waals surface area contributed by atoms with E-state index in [9.17, 15) is 5.11 Å². The van der Waals surface area contributed by atoms with Gasteiger partial charge in [0.2, 0.25) is 5.95 Å². The third-order valence-corrected chi connectivity index (χ3v) is 5.69. The molecule has 1 aliphatic heterocycles. The fourth-order valence-corrected chi connectivity index (χ4v) is 4.01. The Morgan fingerprint density at radius 1 is 1.22 bits per heavy atom. The van der Waals surface area contributed by atoms with Crippen molar-refractivity contribution in [2.24, 2.45) is 11.5 Å². The van der Waals surface area contributed by atoms with Crippen molar-refractivity contribution < 1.29 is 5.11 Å². The Labute approximate surface area is 187 Å². The van der Waals surface area contributed by atoms with Crippen LogP contribution in [0.1, 0.15) is 41.0 Å². The summed E-state index contributed by atoms with van der Waals surface area (Å²) in [5, 5.41) is 10.1. The monoisotopic (exact) mass is 429 g/mol. The number of hydrogen-bond donors (Lipinski definition) is 5. The van der Waals surface area contributed by atoms with E-state index in [4.69, 9.17) is 17.2 Å². The molecule has 0 unspecified atom stereocenters. The Bertz CT molecular complexity index is 1160. The van der Waals surface area contributed by atoms with Crippen LogP contribution in [0, 0.1) is 11.8 Å². The Kier molecular flexibility index (Phi) is 6.29. The van der Waals surface area contributed by atoms with E-state index in [1.165, 1.54) is 0 Å². The molecule has 0 aliphatic carbocycles. The summed E-state index contributed by atoms with van der Waals surface area (Å²) in [5.41, 5.74) is 21.7. The van der Waals surface area contributed by atoms with E-state index in [1.807, 2.05) is 18.3 Å². The number of nitrogen functional groups attached to an aromatic ring is 1. The molecule has 0 bridgehead atoms. The maximum Gasteiger partial charge on any atom is 0.225 e. The number of nitrogens with one attached hydrogen (secondary N) is 1. The number of aromatic amines is 1. The third-order valence-electron chi connectivity index (χ3n) is 5.69. The molecule has 3 heterocycles. The first-order valence-corrected chi connectivity index (χ1v) is 10.5. The Balaban J connectivity index is 1.48. The van der Waals surface area contributed by atoms with Crippen LogP contribution in [-0.4, -0.2) is 39.7 Å². The van der Waals surface area contributed by atoms with E-state index in [0.717, 1.165) is 42.6 Å². The molecule has 0 atom stereocenters. The molecule has 32 heavy (non-hydrogen) atoms. The van der Waals surface area contributed by atoms with Crippen molar-refractivity contribution in [3.63, 3.8) is 0 Å². The fourth-order valence-electron chi connectivity index (χ4n) is 4.01. The maximum absolute atomic E-state index is 10.1. The molecular formula is C24H27N7O. The minimum absolute atomic E-state index is 0.144. The lowest BCUT2D eigenvalue weighted by Gasteiger charge is -2.32. The van der Waals surface area contributed by atoms with Gasteiger partial charge >= 0.3 is 0 Å². The number of piperidine rings is 1. The van der Waals surface area contributed by atoms with Crippen LogP contribution >= 0.6 is 0 Å². The highest BCUT2D eigenvalue weighted by Crippen LogP contribution is 2.35. The summed E-state index contributed by atoms with van der Waals surface area (Å²) in [5.74, 6) is 7.49. The summed E-state index contributed by atoms with van der Waals surface area (Å²) in [6.07, 6.45) is 9.14. The average Bonchev–Trinajstić information content (AvgIpc) is 3.18. The predicted octanol–water partition coefficient (Wildman–Crippen LogP) is 2.24. The molecule has 3 aromatic rings. The molecule has 1 aromatic carbocycles. The molecule has 0 radical (unpaired) electrons. The minimum atomic E-state index is 0.144. The number of nitrogens with zero attached hydrogens (tertiary/aromatic N) is 3. The van der Waals surface area contributed by atoms with Gasteiger partial charge in [-0.2, -0.15) is 0 Å². The van der Waals surface area contributed by atoms with Gasteiger partial charge in [0.25, 0.3) is 0 Å². The van der Waals surface area contributed by atoms with E-state index in [-0.39, 0.29) is 5.75 Å². The topological polar surface area (TPSA) is 143 Å². The number of aromatic nitrogens is 3. The van der Waals surface area contributed by atoms with E-state index >= 15 is 0 Å². The molecule has 1 fully saturated rings. The van der Waals surface area contributed by atoms with Gasteiger partial charge in [0.05, 0.1) is 12.1 Å². The number of phenolic OH excluding ortho intramolecular Hbond substituents is 1. The van der Waals surface area contributed by atoms with Crippen molar-refractivity contribution in [3.05, 3.63) is 65.1 Å². The summed E-state index contributed by atoms with van der Waals surface area (Å²) in [7, 11) is 0. The Morgan fingerprint density at radius 2 is 1.94 bits per heavy atom. The van der Waals surface area contributed by atoms with Gasteiger partial charge < -0.3 is 32.2 Å². The van der Waals surface area contributed by atoms with E-state index in [0.29, 0.717) is 35.5 Å². The quantitative estimate of drug-likeness (QED) is 0.400. The molecule has 8 N–H and O–H groups in total. The fraction of sp³-hybridized carbons (Fsp3) is 0.250. The van der Waals surface area contributed by atoms with Crippen molar-refractivity contribution in [1.82, 2.24) is 15.0 Å². The Hall–Kier alpha value is -3.96. The van der Waals surface area contributed by atoms with Crippen LogP contribution in [0.25, 0.3) is 11.8 Å². The van der Waals surface area contributed by atoms with Crippen LogP contribution in [0.2, 0.25) is 0 Å². The lowest BCUT2D eigenvalue weighted by atomic mass is 9.88. The van der Waals surface area contributed by atoms with Gasteiger partial charge in [0, 0.05) is 48.5 Å². The van der Waals surface area contributed by atoms with Gasteiger partial charge in [-0.15, -0.1) is 0 Å². The summed E-state index contributed by atoms with van der Waals surface area (Å²) >= 11 is 0. The van der Waals surface area contributed by atoms with Crippen LogP contribution in [0.15, 0.2) is 42.9 Å². The van der Waals surface area contributed by atoms with Gasteiger partial charge in [-0.1, -0.05) is 24.0 Å². The lowest BCUT2D eigenvalue weighted by Crippen LogP contribution is -2.34. The molecule has 0 saturated carbocycles. The van der Waals surface area contributed by atoms with Crippen LogP contribution in [0.5, 0.6) is 5.75 Å². The van der Waals surface area contributed by atoms with Gasteiger partial charge in [0.15, 0.2) is 0 Å². The van der Waals surface area contributed by atoms with Gasteiger partial charge in [-0.25, -0.2) is 9.97 Å². The molecule has 164 valence electrons. The number of phenols is 1. The van der Waals surface area contributed by atoms with Crippen molar-refractivity contribution >= 4 is 23.5 Å². The van der Waals surface area contributed by atoms with E-state index in [1.54, 1.807) is 30.6 Å². The zero-order valence-corrected chi connectivity index (χ0v) is 17.8. The molecule has 0 spiro atoms. The normalized spacial score (nSPS) is 14.8. The summed E-state index contributed by atoms with van der Waals surface area (Å²) < 4.78 is 0. The molecule has 1 aliphatic rings. The van der Waals surface area contributed by atoms with Crippen molar-refractivity contribution in [1.29, 1.82) is 0 Å². The summed E-state index contributed by atoms with van der Waals surface area (Å²) in [6.45, 7) is 1.98. The van der Waals surface area contributed by atoms with Gasteiger partial charge in [0.1, 0.15) is 11.6 Å². The first kappa shape index (κ1) is 21.3. The zero-order chi connectivity index (χ0) is 22.5. The number of rotatable bonds is 4. The molecule has 2 aromatic heterocycles. The van der Waals surface area contributed by atoms with Gasteiger partial charge in [-0.3, -0.25) is 0 Å². The highest BCUT2D eigenvalue weighted by molar-refractivity contribution is 5.85. The smallest absolute Gasteiger partial charge is 0.225 e. The number of benzene rings is 1. The highest BCUT2D eigenvalue weighted by atomic mass is 16.3. The van der Waals surface area contributed by atoms with Crippen LogP contribution < -0.4 is 22.1 Å². The Morgan fingerprint density at radius 3 is 2.62 bits per heavy atom. The number of H-pyrrole nitrogens is 1. The highest BCUT2D eigenvalue weighted by Gasteiger charge is 2.25. The number of nitrogens with two attached hydrogens (primary N) is 3. The SMILES string of the molecule is NCC#Cc1cnc(N2CCC(c3c[nH]c(N)c3/C=C(\N)c3ccccc3O)CC2)nc1. The number of hydrogen-bond acceptors (Lipinski definition) is 7. The molecule has 8 nitrogen and oxygen atoms in total. The first-order chi connectivity index (χ1) is 15.6. The number of anilines is 2. The molecule has 8 heteroatoms.